The topological polar surface area (TPSA) is 79.1 Å². The van der Waals surface area contributed by atoms with Gasteiger partial charge in [-0.25, -0.2) is 19.4 Å². The maximum Gasteiger partial charge on any atom is 0.359 e. The molecule has 0 aromatic carbocycles. The van der Waals surface area contributed by atoms with Crippen molar-refractivity contribution in [2.24, 2.45) is 0 Å². The molecule has 0 N–H and O–H groups in total. The largest absolute Gasteiger partial charge is 0.476 e. The van der Waals surface area contributed by atoms with Crippen molar-refractivity contribution in [2.75, 3.05) is 19.5 Å². The Bertz CT molecular complexity index is 1060. The summed E-state index contributed by atoms with van der Waals surface area (Å²) < 4.78 is 13.3. The zero-order chi connectivity index (χ0) is 28.5. The highest BCUT2D eigenvalue weighted by molar-refractivity contribution is 7.98. The van der Waals surface area contributed by atoms with E-state index in [9.17, 15) is 4.79 Å². The zero-order valence-corrected chi connectivity index (χ0v) is 25.9. The van der Waals surface area contributed by atoms with Crippen molar-refractivity contribution in [3.63, 3.8) is 0 Å². The first-order chi connectivity index (χ1) is 18.8. The van der Waals surface area contributed by atoms with E-state index in [1.54, 1.807) is 6.92 Å². The van der Waals surface area contributed by atoms with E-state index in [1.165, 1.54) is 69.5 Å². The van der Waals surface area contributed by atoms with E-state index in [1.807, 2.05) is 10.9 Å². The molecule has 2 aromatic heterocycles. The Labute approximate surface area is 240 Å². The molecule has 0 aliphatic heterocycles. The van der Waals surface area contributed by atoms with Gasteiger partial charge in [0, 0.05) is 0 Å². The first-order valence-corrected chi connectivity index (χ1v) is 16.0. The summed E-state index contributed by atoms with van der Waals surface area (Å²) in [4.78, 5) is 21.7. The minimum absolute atomic E-state index is 0.188. The van der Waals surface area contributed by atoms with Crippen molar-refractivity contribution in [3.05, 3.63) is 30.0 Å². The smallest absolute Gasteiger partial charge is 0.359 e. The highest BCUT2D eigenvalue weighted by atomic mass is 32.2. The van der Waals surface area contributed by atoms with Gasteiger partial charge in [-0.1, -0.05) is 81.5 Å². The molecule has 7 nitrogen and oxygen atoms in total. The summed E-state index contributed by atoms with van der Waals surface area (Å²) in [6.07, 6.45) is 25.6. The van der Waals surface area contributed by atoms with E-state index in [4.69, 9.17) is 14.6 Å². The molecule has 2 rings (SSSR count). The van der Waals surface area contributed by atoms with Gasteiger partial charge in [0.2, 0.25) is 5.88 Å². The monoisotopic (exact) mass is 558 g/mol. The maximum absolute atomic E-state index is 12.6. The Balaban J connectivity index is 1.80. The summed E-state index contributed by atoms with van der Waals surface area (Å²) in [5, 5.41) is 5.20. The van der Waals surface area contributed by atoms with Gasteiger partial charge in [-0.15, -0.1) is 0 Å². The first-order valence-electron chi connectivity index (χ1n) is 14.8. The SMILES string of the molecule is CCCCC/C=C\C/C=C\CCCCCCCCOc1c2nc(SC)nc(C(=O)OCC)c2nn1C(C)(C)C. The number of carbonyl (C=O) groups is 1. The average Bonchev–Trinajstić information content (AvgIpc) is 3.29. The molecule has 0 bridgehead atoms. The van der Waals surface area contributed by atoms with Gasteiger partial charge in [0.15, 0.2) is 16.4 Å². The minimum atomic E-state index is -0.490. The van der Waals surface area contributed by atoms with Crippen LogP contribution in [0.1, 0.15) is 122 Å². The molecule has 2 aromatic rings. The molecule has 0 saturated heterocycles. The fourth-order valence-electron chi connectivity index (χ4n) is 4.20. The number of ether oxygens (including phenoxy) is 2. The van der Waals surface area contributed by atoms with E-state index < -0.39 is 5.97 Å². The standard InChI is InChI=1S/C31H50N4O3S/c1-7-9-10-11-12-13-14-15-16-17-18-19-20-21-22-23-24-38-28-26-25(34-35(28)31(3,4)5)27(29(36)37-8-2)33-30(32-26)39-6/h12-13,15-16H,7-11,14,17-24H2,1-6H3/b13-12-,16-15-. The number of fused-ring (bicyclic) bond motifs is 1. The van der Waals surface area contributed by atoms with Crippen molar-refractivity contribution in [3.8, 4) is 5.88 Å². The van der Waals surface area contributed by atoms with Crippen LogP contribution in [-0.2, 0) is 10.3 Å². The quantitative estimate of drug-likeness (QED) is 0.0561. The number of carbonyl (C=O) groups excluding carboxylic acids is 1. The van der Waals surface area contributed by atoms with Crippen molar-refractivity contribution >= 4 is 28.8 Å². The number of allylic oxidation sites excluding steroid dienone is 4. The third-order valence-corrected chi connectivity index (χ3v) is 6.88. The summed E-state index contributed by atoms with van der Waals surface area (Å²) >= 11 is 1.38. The van der Waals surface area contributed by atoms with Gasteiger partial charge in [-0.05, 0) is 72.5 Å². The molecule has 0 aliphatic carbocycles. The lowest BCUT2D eigenvalue weighted by atomic mass is 10.1. The van der Waals surface area contributed by atoms with E-state index in [-0.39, 0.29) is 17.8 Å². The molecule has 0 aliphatic rings. The van der Waals surface area contributed by atoms with Crippen LogP contribution in [0.25, 0.3) is 11.0 Å². The fraction of sp³-hybridized carbons (Fsp3) is 0.677. The van der Waals surface area contributed by atoms with E-state index >= 15 is 0 Å². The van der Waals surface area contributed by atoms with Crippen molar-refractivity contribution < 1.29 is 14.3 Å². The molecule has 0 spiro atoms. The first kappa shape index (κ1) is 32.9. The Morgan fingerprint density at radius 3 is 2.13 bits per heavy atom. The molecule has 0 radical (unpaired) electrons. The number of rotatable bonds is 19. The predicted octanol–water partition coefficient (Wildman–Crippen LogP) is 8.67. The Morgan fingerprint density at radius 2 is 1.51 bits per heavy atom. The molecule has 0 fully saturated rings. The molecule has 2 heterocycles. The molecular formula is C31H50N4O3S. The van der Waals surface area contributed by atoms with Gasteiger partial charge < -0.3 is 9.47 Å². The molecule has 218 valence electrons. The molecule has 0 unspecified atom stereocenters. The number of unbranched alkanes of at least 4 members (excludes halogenated alkanes) is 9. The molecule has 39 heavy (non-hydrogen) atoms. The number of hydrogen-bond acceptors (Lipinski definition) is 7. The van der Waals surface area contributed by atoms with E-state index in [0.717, 1.165) is 19.3 Å². The van der Waals surface area contributed by atoms with Crippen molar-refractivity contribution in [2.45, 2.75) is 122 Å². The Kier molecular flexibility index (Phi) is 15.2. The molecule has 0 saturated carbocycles. The zero-order valence-electron chi connectivity index (χ0n) is 25.1. The highest BCUT2D eigenvalue weighted by Crippen LogP contribution is 2.32. The summed E-state index contributed by atoms with van der Waals surface area (Å²) in [7, 11) is 0. The maximum atomic E-state index is 12.6. The van der Waals surface area contributed by atoms with Crippen LogP contribution in [0.5, 0.6) is 5.88 Å². The van der Waals surface area contributed by atoms with Crippen LogP contribution < -0.4 is 4.74 Å². The summed E-state index contributed by atoms with van der Waals surface area (Å²) in [5.41, 5.74) is 0.828. The Morgan fingerprint density at radius 1 is 0.872 bits per heavy atom. The van der Waals surface area contributed by atoms with Crippen molar-refractivity contribution in [1.29, 1.82) is 0 Å². The summed E-state index contributed by atoms with van der Waals surface area (Å²) in [6.45, 7) is 11.0. The number of aromatic nitrogens is 4. The van der Waals surface area contributed by atoms with E-state index in [0.29, 0.717) is 28.7 Å². The van der Waals surface area contributed by atoms with Crippen LogP contribution in [0.3, 0.4) is 0 Å². The molecular weight excluding hydrogens is 508 g/mol. The Hall–Kier alpha value is -2.35. The van der Waals surface area contributed by atoms with Crippen LogP contribution in [0, 0.1) is 0 Å². The van der Waals surface area contributed by atoms with Gasteiger partial charge in [0.25, 0.3) is 0 Å². The average molecular weight is 559 g/mol. The van der Waals surface area contributed by atoms with Crippen molar-refractivity contribution in [1.82, 2.24) is 19.7 Å². The molecule has 0 atom stereocenters. The van der Waals surface area contributed by atoms with Crippen LogP contribution in [-0.4, -0.2) is 45.2 Å². The number of hydrogen-bond donors (Lipinski definition) is 0. The summed E-state index contributed by atoms with van der Waals surface area (Å²) in [5.74, 6) is 0.0961. The van der Waals surface area contributed by atoms with Gasteiger partial charge >= 0.3 is 5.97 Å². The second-order valence-electron chi connectivity index (χ2n) is 10.8. The minimum Gasteiger partial charge on any atom is -0.476 e. The van der Waals surface area contributed by atoms with Gasteiger partial charge in [0.05, 0.1) is 18.8 Å². The molecule has 8 heteroatoms. The lowest BCUT2D eigenvalue weighted by molar-refractivity contribution is 0.0520. The van der Waals surface area contributed by atoms with Gasteiger partial charge in [0.1, 0.15) is 5.52 Å². The second kappa shape index (κ2) is 18.1. The van der Waals surface area contributed by atoms with Gasteiger partial charge in [-0.3, -0.25) is 0 Å². The third kappa shape index (κ3) is 11.3. The number of thioether (sulfide) groups is 1. The van der Waals surface area contributed by atoms with Gasteiger partial charge in [-0.2, -0.15) is 5.10 Å². The predicted molar refractivity (Wildman–Crippen MR) is 163 cm³/mol. The van der Waals surface area contributed by atoms with Crippen LogP contribution in [0.2, 0.25) is 0 Å². The number of nitrogens with zero attached hydrogens (tertiary/aromatic N) is 4. The van der Waals surface area contributed by atoms with Crippen LogP contribution in [0.15, 0.2) is 29.5 Å². The lowest BCUT2D eigenvalue weighted by Gasteiger charge is -2.21. The number of esters is 1. The molecule has 0 amide bonds. The van der Waals surface area contributed by atoms with Crippen LogP contribution in [0.4, 0.5) is 0 Å². The normalized spacial score (nSPS) is 12.3. The highest BCUT2D eigenvalue weighted by Gasteiger charge is 2.28. The van der Waals surface area contributed by atoms with E-state index in [2.05, 4.69) is 62.0 Å². The summed E-state index contributed by atoms with van der Waals surface area (Å²) in [6, 6.07) is 0. The van der Waals surface area contributed by atoms with Crippen LogP contribution >= 0.6 is 11.8 Å². The third-order valence-electron chi connectivity index (χ3n) is 6.33. The lowest BCUT2D eigenvalue weighted by Crippen LogP contribution is -2.24. The fourth-order valence-corrected chi connectivity index (χ4v) is 4.57. The second-order valence-corrected chi connectivity index (χ2v) is 11.6.